The Kier molecular flexibility index (Phi) is 4.72. The van der Waals surface area contributed by atoms with Crippen molar-refractivity contribution in [3.63, 3.8) is 0 Å². The highest BCUT2D eigenvalue weighted by atomic mass is 79.9. The maximum Gasteiger partial charge on any atom is 0.0441 e. The third kappa shape index (κ3) is 2.81. The molecule has 1 atom stereocenters. The fraction of sp³-hybridized carbons (Fsp3) is 0.571. The molecule has 1 aliphatic carbocycles. The van der Waals surface area contributed by atoms with Gasteiger partial charge in [-0.2, -0.15) is 0 Å². The summed E-state index contributed by atoms with van der Waals surface area (Å²) in [6, 6.07) is 8.30. The minimum Gasteiger partial charge on any atom is -0.0921 e. The molecule has 1 saturated carbocycles. The van der Waals surface area contributed by atoms with Gasteiger partial charge in [0.2, 0.25) is 0 Å². The zero-order chi connectivity index (χ0) is 11.4. The Bertz CT molecular complexity index is 331. The SMILES string of the molecule is Clc1ccccc1C(CBr)C1CCCCC1. The molecule has 0 bridgehead atoms. The van der Waals surface area contributed by atoms with Crippen LogP contribution in [0.4, 0.5) is 0 Å². The number of halogens is 2. The fourth-order valence-corrected chi connectivity index (χ4v) is 3.93. The van der Waals surface area contributed by atoms with Crippen LogP contribution in [0.5, 0.6) is 0 Å². The molecule has 0 spiro atoms. The molecule has 0 N–H and O–H groups in total. The molecule has 0 amide bonds. The number of alkyl halides is 1. The highest BCUT2D eigenvalue weighted by Crippen LogP contribution is 2.39. The standard InChI is InChI=1S/C14H18BrCl/c15-10-13(11-6-2-1-3-7-11)12-8-4-5-9-14(12)16/h4-5,8-9,11,13H,1-3,6-7,10H2. The van der Waals surface area contributed by atoms with Crippen molar-refractivity contribution >= 4 is 27.5 Å². The van der Waals surface area contributed by atoms with Crippen LogP contribution in [0.1, 0.15) is 43.6 Å². The maximum atomic E-state index is 6.30. The topological polar surface area (TPSA) is 0 Å². The quantitative estimate of drug-likeness (QED) is 0.656. The Morgan fingerprint density at radius 3 is 2.50 bits per heavy atom. The molecule has 2 heteroatoms. The van der Waals surface area contributed by atoms with Gasteiger partial charge in [-0.05, 0) is 36.3 Å². The molecule has 0 nitrogen and oxygen atoms in total. The van der Waals surface area contributed by atoms with Crippen LogP contribution >= 0.6 is 27.5 Å². The average molecular weight is 302 g/mol. The summed E-state index contributed by atoms with van der Waals surface area (Å²) in [5, 5.41) is 1.96. The summed E-state index contributed by atoms with van der Waals surface area (Å²) in [5.41, 5.74) is 1.33. The second-order valence-electron chi connectivity index (χ2n) is 4.68. The molecular weight excluding hydrogens is 284 g/mol. The molecule has 16 heavy (non-hydrogen) atoms. The molecule has 1 aliphatic rings. The van der Waals surface area contributed by atoms with Gasteiger partial charge in [0.05, 0.1) is 0 Å². The predicted octanol–water partition coefficient (Wildman–Crippen LogP) is 5.40. The first-order valence-corrected chi connectivity index (χ1v) is 7.63. The van der Waals surface area contributed by atoms with Crippen molar-refractivity contribution in [2.75, 3.05) is 5.33 Å². The zero-order valence-electron chi connectivity index (χ0n) is 9.46. The van der Waals surface area contributed by atoms with Gasteiger partial charge in [-0.15, -0.1) is 0 Å². The van der Waals surface area contributed by atoms with Crippen LogP contribution in [0, 0.1) is 5.92 Å². The monoisotopic (exact) mass is 300 g/mol. The molecule has 0 radical (unpaired) electrons. The van der Waals surface area contributed by atoms with Gasteiger partial charge in [-0.25, -0.2) is 0 Å². The summed E-state index contributed by atoms with van der Waals surface area (Å²) in [6.07, 6.45) is 6.91. The number of benzene rings is 1. The van der Waals surface area contributed by atoms with Gasteiger partial charge in [0.15, 0.2) is 0 Å². The minimum atomic E-state index is 0.592. The lowest BCUT2D eigenvalue weighted by Gasteiger charge is -2.30. The van der Waals surface area contributed by atoms with Crippen molar-refractivity contribution in [1.29, 1.82) is 0 Å². The molecule has 1 fully saturated rings. The molecular formula is C14H18BrCl. The van der Waals surface area contributed by atoms with Gasteiger partial charge in [-0.3, -0.25) is 0 Å². The van der Waals surface area contributed by atoms with E-state index >= 15 is 0 Å². The van der Waals surface area contributed by atoms with Crippen molar-refractivity contribution < 1.29 is 0 Å². The van der Waals surface area contributed by atoms with E-state index < -0.39 is 0 Å². The Hall–Kier alpha value is -0.0100. The lowest BCUT2D eigenvalue weighted by Crippen LogP contribution is -2.17. The van der Waals surface area contributed by atoms with E-state index in [4.69, 9.17) is 11.6 Å². The van der Waals surface area contributed by atoms with E-state index in [0.29, 0.717) is 5.92 Å². The number of rotatable bonds is 3. The molecule has 1 unspecified atom stereocenters. The van der Waals surface area contributed by atoms with Gasteiger partial charge in [0.1, 0.15) is 0 Å². The first-order valence-electron chi connectivity index (χ1n) is 6.13. The second-order valence-corrected chi connectivity index (χ2v) is 5.74. The van der Waals surface area contributed by atoms with Crippen molar-refractivity contribution in [3.8, 4) is 0 Å². The van der Waals surface area contributed by atoms with Crippen LogP contribution < -0.4 is 0 Å². The Balaban J connectivity index is 2.18. The summed E-state index contributed by atoms with van der Waals surface area (Å²) in [4.78, 5) is 0. The first kappa shape index (κ1) is 12.4. The van der Waals surface area contributed by atoms with E-state index in [1.54, 1.807) is 0 Å². The van der Waals surface area contributed by atoms with E-state index in [1.807, 2.05) is 12.1 Å². The summed E-state index contributed by atoms with van der Waals surface area (Å²) < 4.78 is 0. The van der Waals surface area contributed by atoms with Gasteiger partial charge in [0, 0.05) is 10.4 Å². The Labute approximate surface area is 112 Å². The van der Waals surface area contributed by atoms with Gasteiger partial charge in [-0.1, -0.05) is 65.0 Å². The number of hydrogen-bond donors (Lipinski definition) is 0. The van der Waals surface area contributed by atoms with E-state index in [9.17, 15) is 0 Å². The van der Waals surface area contributed by atoms with Gasteiger partial charge >= 0.3 is 0 Å². The molecule has 0 aromatic heterocycles. The van der Waals surface area contributed by atoms with Crippen LogP contribution in [0.15, 0.2) is 24.3 Å². The molecule has 0 heterocycles. The van der Waals surface area contributed by atoms with Crippen molar-refractivity contribution in [2.24, 2.45) is 5.92 Å². The van der Waals surface area contributed by atoms with Crippen molar-refractivity contribution in [2.45, 2.75) is 38.0 Å². The van der Waals surface area contributed by atoms with E-state index in [1.165, 1.54) is 37.7 Å². The third-order valence-corrected chi connectivity index (χ3v) is 4.73. The summed E-state index contributed by atoms with van der Waals surface area (Å²) in [5.74, 6) is 1.40. The Morgan fingerprint density at radius 2 is 1.88 bits per heavy atom. The zero-order valence-corrected chi connectivity index (χ0v) is 11.8. The maximum absolute atomic E-state index is 6.30. The smallest absolute Gasteiger partial charge is 0.0441 e. The van der Waals surface area contributed by atoms with Crippen LogP contribution in [0.3, 0.4) is 0 Å². The highest BCUT2D eigenvalue weighted by Gasteiger charge is 2.25. The molecule has 1 aromatic carbocycles. The summed E-state index contributed by atoms with van der Waals surface area (Å²) in [6.45, 7) is 0. The lowest BCUT2D eigenvalue weighted by atomic mass is 9.78. The van der Waals surface area contributed by atoms with Crippen LogP contribution in [-0.2, 0) is 0 Å². The van der Waals surface area contributed by atoms with Crippen molar-refractivity contribution in [1.82, 2.24) is 0 Å². The van der Waals surface area contributed by atoms with E-state index in [2.05, 4.69) is 28.1 Å². The Morgan fingerprint density at radius 1 is 1.19 bits per heavy atom. The fourth-order valence-electron chi connectivity index (χ4n) is 2.78. The van der Waals surface area contributed by atoms with E-state index in [0.717, 1.165) is 16.3 Å². The van der Waals surface area contributed by atoms with Crippen LogP contribution in [-0.4, -0.2) is 5.33 Å². The lowest BCUT2D eigenvalue weighted by molar-refractivity contribution is 0.319. The predicted molar refractivity (Wildman–Crippen MR) is 74.6 cm³/mol. The molecule has 88 valence electrons. The first-order chi connectivity index (χ1) is 7.83. The average Bonchev–Trinajstić information content (AvgIpc) is 2.34. The highest BCUT2D eigenvalue weighted by molar-refractivity contribution is 9.09. The second kappa shape index (κ2) is 6.07. The largest absolute Gasteiger partial charge is 0.0921 e. The van der Waals surface area contributed by atoms with Crippen LogP contribution in [0.2, 0.25) is 5.02 Å². The van der Waals surface area contributed by atoms with E-state index in [-0.39, 0.29) is 0 Å². The number of hydrogen-bond acceptors (Lipinski definition) is 0. The minimum absolute atomic E-state index is 0.592. The molecule has 2 rings (SSSR count). The third-order valence-electron chi connectivity index (χ3n) is 3.69. The molecule has 0 saturated heterocycles. The summed E-state index contributed by atoms with van der Waals surface area (Å²) in [7, 11) is 0. The normalized spacial score (nSPS) is 19.6. The van der Waals surface area contributed by atoms with Gasteiger partial charge < -0.3 is 0 Å². The molecule has 0 aliphatic heterocycles. The molecule has 1 aromatic rings. The van der Waals surface area contributed by atoms with Crippen molar-refractivity contribution in [3.05, 3.63) is 34.9 Å². The summed E-state index contributed by atoms with van der Waals surface area (Å²) >= 11 is 9.96. The van der Waals surface area contributed by atoms with Crippen LogP contribution in [0.25, 0.3) is 0 Å². The van der Waals surface area contributed by atoms with Gasteiger partial charge in [0.25, 0.3) is 0 Å².